The van der Waals surface area contributed by atoms with E-state index in [1.807, 2.05) is 0 Å². The van der Waals surface area contributed by atoms with Gasteiger partial charge in [-0.3, -0.25) is 0 Å². The Balaban J connectivity index is 1.31. The van der Waals surface area contributed by atoms with E-state index in [1.54, 1.807) is 6.08 Å². The highest BCUT2D eigenvalue weighted by Crippen LogP contribution is 2.60. The molecule has 178 valence electrons. The van der Waals surface area contributed by atoms with E-state index < -0.39 is 7.26 Å². The molecule has 0 atom stereocenters. The Bertz CT molecular complexity index is 1050. The van der Waals surface area contributed by atoms with Crippen LogP contribution in [-0.2, 0) is 9.53 Å². The molecule has 4 fully saturated rings. The third-order valence-corrected chi connectivity index (χ3v) is 12.5. The van der Waals surface area contributed by atoms with Crippen LogP contribution in [0.4, 0.5) is 0 Å². The van der Waals surface area contributed by atoms with Crippen LogP contribution in [0.3, 0.4) is 0 Å². The van der Waals surface area contributed by atoms with Crippen LogP contribution in [0, 0.1) is 23.2 Å². The molecule has 7 rings (SSSR count). The molecule has 0 saturated heterocycles. The Morgan fingerprint density at radius 3 is 1.51 bits per heavy atom. The van der Waals surface area contributed by atoms with Crippen molar-refractivity contribution in [1.82, 2.24) is 0 Å². The first kappa shape index (κ1) is 22.7. The summed E-state index contributed by atoms with van der Waals surface area (Å²) in [5, 5.41) is 3.72. The molecule has 3 aromatic carbocycles. The molecule has 3 aromatic rings. The van der Waals surface area contributed by atoms with Crippen molar-refractivity contribution in [2.45, 2.75) is 38.5 Å². The molecular weight excluding hydrogens is 447 g/mol. The van der Waals surface area contributed by atoms with Crippen LogP contribution in [0.5, 0.6) is 0 Å². The summed E-state index contributed by atoms with van der Waals surface area (Å²) in [6.07, 6.45) is 9.71. The van der Waals surface area contributed by atoms with E-state index in [0.717, 1.165) is 17.8 Å². The third-order valence-electron chi connectivity index (χ3n) is 8.61. The molecule has 4 aliphatic carbocycles. The van der Waals surface area contributed by atoms with Gasteiger partial charge in [0.15, 0.2) is 0 Å². The van der Waals surface area contributed by atoms with Crippen LogP contribution < -0.4 is 15.9 Å². The SMILES string of the molecule is O=C(/C=C/[P+](c1ccccc1)(c1ccccc1)c1ccccc1)OCC12CC3CC(CC(C3)C1)C2. The first-order chi connectivity index (χ1) is 17.2. The van der Waals surface area contributed by atoms with Crippen molar-refractivity contribution < 1.29 is 9.53 Å². The monoisotopic (exact) mass is 481 g/mol. The molecule has 4 bridgehead atoms. The zero-order chi connectivity index (χ0) is 23.7. The van der Waals surface area contributed by atoms with Gasteiger partial charge in [-0.05, 0) is 92.7 Å². The van der Waals surface area contributed by atoms with E-state index >= 15 is 0 Å². The smallest absolute Gasteiger partial charge is 0.334 e. The molecule has 4 aliphatic rings. The van der Waals surface area contributed by atoms with Gasteiger partial charge in [-0.15, -0.1) is 0 Å². The van der Waals surface area contributed by atoms with Crippen LogP contribution in [0.15, 0.2) is 103 Å². The second-order valence-corrected chi connectivity index (χ2v) is 14.4. The average Bonchev–Trinajstić information content (AvgIpc) is 2.89. The lowest BCUT2D eigenvalue weighted by molar-refractivity contribution is -0.149. The minimum atomic E-state index is -2.17. The Morgan fingerprint density at radius 1 is 0.714 bits per heavy atom. The minimum absolute atomic E-state index is 0.201. The maximum Gasteiger partial charge on any atom is 0.334 e. The lowest BCUT2D eigenvalue weighted by Gasteiger charge is -2.56. The van der Waals surface area contributed by atoms with Gasteiger partial charge in [0.05, 0.1) is 18.5 Å². The predicted molar refractivity (Wildman–Crippen MR) is 146 cm³/mol. The lowest BCUT2D eigenvalue weighted by atomic mass is 9.50. The van der Waals surface area contributed by atoms with Crippen LogP contribution in [0.25, 0.3) is 0 Å². The van der Waals surface area contributed by atoms with Crippen LogP contribution in [0.1, 0.15) is 38.5 Å². The highest BCUT2D eigenvalue weighted by atomic mass is 31.2. The Kier molecular flexibility index (Phi) is 6.11. The minimum Gasteiger partial charge on any atom is -0.462 e. The summed E-state index contributed by atoms with van der Waals surface area (Å²) in [5.41, 5.74) is 0.239. The summed E-state index contributed by atoms with van der Waals surface area (Å²) in [6, 6.07) is 31.9. The van der Waals surface area contributed by atoms with Gasteiger partial charge in [-0.25, -0.2) is 4.79 Å². The fourth-order valence-corrected chi connectivity index (χ4v) is 11.3. The van der Waals surface area contributed by atoms with E-state index in [0.29, 0.717) is 6.61 Å². The molecule has 35 heavy (non-hydrogen) atoms. The van der Waals surface area contributed by atoms with Crippen LogP contribution in [-0.4, -0.2) is 12.6 Å². The number of esters is 1. The van der Waals surface area contributed by atoms with E-state index in [-0.39, 0.29) is 11.4 Å². The Morgan fingerprint density at radius 2 is 1.11 bits per heavy atom. The quantitative estimate of drug-likeness (QED) is 0.226. The van der Waals surface area contributed by atoms with Crippen LogP contribution >= 0.6 is 7.26 Å². The molecule has 3 heteroatoms. The van der Waals surface area contributed by atoms with Gasteiger partial charge in [0, 0.05) is 5.41 Å². The summed E-state index contributed by atoms with van der Waals surface area (Å²) in [6.45, 7) is 0.590. The molecule has 0 N–H and O–H groups in total. The molecule has 0 aliphatic heterocycles. The third kappa shape index (κ3) is 4.38. The van der Waals surface area contributed by atoms with E-state index in [4.69, 9.17) is 4.74 Å². The number of ether oxygens (including phenoxy) is 1. The predicted octanol–water partition coefficient (Wildman–Crippen LogP) is 6.25. The molecule has 0 radical (unpaired) electrons. The lowest BCUT2D eigenvalue weighted by Crippen LogP contribution is -2.48. The van der Waals surface area contributed by atoms with Gasteiger partial charge in [0.1, 0.15) is 23.2 Å². The van der Waals surface area contributed by atoms with Gasteiger partial charge >= 0.3 is 5.97 Å². The van der Waals surface area contributed by atoms with E-state index in [9.17, 15) is 4.79 Å². The highest BCUT2D eigenvalue weighted by Gasteiger charge is 2.51. The topological polar surface area (TPSA) is 26.3 Å². The first-order valence-corrected chi connectivity index (χ1v) is 14.9. The largest absolute Gasteiger partial charge is 0.462 e. The first-order valence-electron chi connectivity index (χ1n) is 13.1. The van der Waals surface area contributed by atoms with Crippen molar-refractivity contribution in [1.29, 1.82) is 0 Å². The molecule has 0 spiro atoms. The highest BCUT2D eigenvalue weighted by molar-refractivity contribution is 7.98. The zero-order valence-corrected chi connectivity index (χ0v) is 21.2. The molecule has 4 saturated carbocycles. The summed E-state index contributed by atoms with van der Waals surface area (Å²) in [5.74, 6) is 4.55. The molecule has 0 heterocycles. The molecule has 0 aromatic heterocycles. The van der Waals surface area contributed by atoms with E-state index in [1.165, 1.54) is 54.4 Å². The molecule has 2 nitrogen and oxygen atoms in total. The average molecular weight is 482 g/mol. The Hall–Kier alpha value is -2.70. The van der Waals surface area contributed by atoms with Crippen molar-refractivity contribution in [2.75, 3.05) is 6.61 Å². The Labute approximate surface area is 209 Å². The van der Waals surface area contributed by atoms with Gasteiger partial charge in [-0.2, -0.15) is 0 Å². The van der Waals surface area contributed by atoms with Gasteiger partial charge in [0.25, 0.3) is 0 Å². The van der Waals surface area contributed by atoms with Crippen molar-refractivity contribution in [3.8, 4) is 0 Å². The standard InChI is InChI=1S/C32H34O2P/c33-31(34-24-32-21-25-18-26(22-32)20-27(19-25)23-32)16-17-35(28-10-4-1-5-11-28,29-12-6-2-7-13-29)30-14-8-3-9-15-30/h1-17,25-27H,18-24H2/q+1/b17-16+. The normalized spacial score (nSPS) is 27.3. The van der Waals surface area contributed by atoms with Gasteiger partial charge in [-0.1, -0.05) is 54.6 Å². The molecule has 0 amide bonds. The van der Waals surface area contributed by atoms with Crippen molar-refractivity contribution in [3.05, 3.63) is 103 Å². The van der Waals surface area contributed by atoms with Crippen molar-refractivity contribution in [3.63, 3.8) is 0 Å². The number of hydrogen-bond acceptors (Lipinski definition) is 2. The molecular formula is C32H34O2P+. The summed E-state index contributed by atoms with van der Waals surface area (Å²) >= 11 is 0. The summed E-state index contributed by atoms with van der Waals surface area (Å²) in [7, 11) is -2.17. The van der Waals surface area contributed by atoms with Crippen molar-refractivity contribution >= 4 is 29.1 Å². The fourth-order valence-electron chi connectivity index (χ4n) is 7.61. The number of hydrogen-bond donors (Lipinski definition) is 0. The second-order valence-electron chi connectivity index (χ2n) is 11.1. The maximum atomic E-state index is 13.2. The number of rotatable bonds is 7. The van der Waals surface area contributed by atoms with Gasteiger partial charge in [0.2, 0.25) is 0 Å². The summed E-state index contributed by atoms with van der Waals surface area (Å²) in [4.78, 5) is 13.2. The van der Waals surface area contributed by atoms with Crippen molar-refractivity contribution in [2.24, 2.45) is 23.2 Å². The summed E-state index contributed by atoms with van der Waals surface area (Å²) < 4.78 is 6.02. The zero-order valence-electron chi connectivity index (χ0n) is 20.3. The fraction of sp³-hybridized carbons (Fsp3) is 0.344. The van der Waals surface area contributed by atoms with Gasteiger partial charge < -0.3 is 4.74 Å². The number of carbonyl (C=O) groups excluding carboxylic acids is 1. The number of carbonyl (C=O) groups is 1. The second kappa shape index (κ2) is 9.40. The van der Waals surface area contributed by atoms with Crippen LogP contribution in [0.2, 0.25) is 0 Å². The maximum absolute atomic E-state index is 13.2. The number of benzene rings is 3. The molecule has 0 unspecified atom stereocenters. The van der Waals surface area contributed by atoms with E-state index in [2.05, 4.69) is 96.8 Å².